The molecule has 2 aromatic rings. The molecule has 2 amide bonds. The van der Waals surface area contributed by atoms with Crippen LogP contribution in [0.5, 0.6) is 11.5 Å². The van der Waals surface area contributed by atoms with Crippen LogP contribution in [0.3, 0.4) is 0 Å². The normalized spacial score (nSPS) is 10.0. The Kier molecular flexibility index (Phi) is 5.86. The first-order chi connectivity index (χ1) is 11.1. The number of hydrogen-bond acceptors (Lipinski definition) is 3. The fraction of sp³-hybridized carbons (Fsp3) is 0.278. The number of hydrogen-bond donors (Lipinski definition) is 1. The van der Waals surface area contributed by atoms with Crippen LogP contribution in [-0.2, 0) is 6.42 Å². The molecule has 0 aromatic heterocycles. The summed E-state index contributed by atoms with van der Waals surface area (Å²) in [6, 6.07) is 15.3. The summed E-state index contributed by atoms with van der Waals surface area (Å²) < 4.78 is 11.1. The van der Waals surface area contributed by atoms with E-state index in [2.05, 4.69) is 17.4 Å². The minimum absolute atomic E-state index is 0.190. The van der Waals surface area contributed by atoms with Crippen LogP contribution in [0.2, 0.25) is 0 Å². The molecule has 0 saturated heterocycles. The van der Waals surface area contributed by atoms with Crippen LogP contribution >= 0.6 is 0 Å². The van der Waals surface area contributed by atoms with Gasteiger partial charge in [-0.05, 0) is 17.7 Å². The molecule has 0 saturated carbocycles. The molecule has 0 aliphatic carbocycles. The van der Waals surface area contributed by atoms with Crippen molar-refractivity contribution in [2.75, 3.05) is 33.1 Å². The number of nitrogens with zero attached hydrogens (tertiary/aromatic N) is 1. The van der Waals surface area contributed by atoms with E-state index in [9.17, 15) is 4.79 Å². The quantitative estimate of drug-likeness (QED) is 0.889. The maximum Gasteiger partial charge on any atom is 0.321 e. The van der Waals surface area contributed by atoms with Crippen molar-refractivity contribution in [3.05, 3.63) is 54.1 Å². The van der Waals surface area contributed by atoms with Gasteiger partial charge in [0.05, 0.1) is 13.7 Å². The number of benzene rings is 2. The van der Waals surface area contributed by atoms with Gasteiger partial charge in [0, 0.05) is 32.3 Å². The summed E-state index contributed by atoms with van der Waals surface area (Å²) in [5.74, 6) is 1.25. The van der Waals surface area contributed by atoms with E-state index in [1.807, 2.05) is 18.2 Å². The lowest BCUT2D eigenvalue weighted by atomic mass is 10.2. The van der Waals surface area contributed by atoms with Crippen molar-refractivity contribution in [1.82, 2.24) is 4.90 Å². The average Bonchev–Trinajstić information content (AvgIpc) is 2.56. The Morgan fingerprint density at radius 3 is 2.48 bits per heavy atom. The second kappa shape index (κ2) is 8.08. The lowest BCUT2D eigenvalue weighted by Gasteiger charge is -2.15. The standard InChI is InChI=1S/C18H22N2O3/c1-20(2)18(21)19-15-9-10-16(17(13-15)22-3)23-12-11-14-7-5-4-6-8-14/h4-10,13H,11-12H2,1-3H3,(H,19,21). The molecule has 2 aromatic carbocycles. The predicted molar refractivity (Wildman–Crippen MR) is 91.3 cm³/mol. The van der Waals surface area contributed by atoms with Gasteiger partial charge in [0.25, 0.3) is 0 Å². The van der Waals surface area contributed by atoms with Crippen LogP contribution in [-0.4, -0.2) is 38.7 Å². The molecule has 5 nitrogen and oxygen atoms in total. The van der Waals surface area contributed by atoms with E-state index in [0.717, 1.165) is 6.42 Å². The summed E-state index contributed by atoms with van der Waals surface area (Å²) in [6.07, 6.45) is 0.823. The first kappa shape index (κ1) is 16.7. The Labute approximate surface area is 136 Å². The molecule has 0 heterocycles. The molecule has 0 atom stereocenters. The molecule has 122 valence electrons. The van der Waals surface area contributed by atoms with Gasteiger partial charge in [-0.3, -0.25) is 0 Å². The summed E-state index contributed by atoms with van der Waals surface area (Å²) in [4.78, 5) is 13.1. The molecule has 5 heteroatoms. The Bertz CT molecular complexity index is 642. The van der Waals surface area contributed by atoms with E-state index in [4.69, 9.17) is 9.47 Å². The van der Waals surface area contributed by atoms with Crippen LogP contribution in [0.4, 0.5) is 10.5 Å². The highest BCUT2D eigenvalue weighted by Gasteiger charge is 2.09. The van der Waals surface area contributed by atoms with E-state index >= 15 is 0 Å². The molecule has 0 fully saturated rings. The number of carbonyl (C=O) groups excluding carboxylic acids is 1. The number of urea groups is 1. The van der Waals surface area contributed by atoms with Gasteiger partial charge in [-0.25, -0.2) is 4.79 Å². The lowest BCUT2D eigenvalue weighted by molar-refractivity contribution is 0.230. The number of rotatable bonds is 6. The summed E-state index contributed by atoms with van der Waals surface area (Å²) in [7, 11) is 4.96. The van der Waals surface area contributed by atoms with Crippen LogP contribution in [0, 0.1) is 0 Å². The highest BCUT2D eigenvalue weighted by atomic mass is 16.5. The van der Waals surface area contributed by atoms with Gasteiger partial charge in [-0.1, -0.05) is 30.3 Å². The van der Waals surface area contributed by atoms with Crippen molar-refractivity contribution in [1.29, 1.82) is 0 Å². The zero-order valence-corrected chi connectivity index (χ0v) is 13.7. The number of ether oxygens (including phenoxy) is 2. The van der Waals surface area contributed by atoms with Gasteiger partial charge in [0.15, 0.2) is 11.5 Å². The molecule has 0 radical (unpaired) electrons. The van der Waals surface area contributed by atoms with E-state index in [1.54, 1.807) is 39.4 Å². The fourth-order valence-electron chi connectivity index (χ4n) is 2.02. The van der Waals surface area contributed by atoms with Crippen molar-refractivity contribution in [2.24, 2.45) is 0 Å². The van der Waals surface area contributed by atoms with E-state index < -0.39 is 0 Å². The molecular weight excluding hydrogens is 292 g/mol. The molecule has 2 rings (SSSR count). The maximum absolute atomic E-state index is 11.7. The van der Waals surface area contributed by atoms with Crippen molar-refractivity contribution in [2.45, 2.75) is 6.42 Å². The third-order valence-corrected chi connectivity index (χ3v) is 3.31. The number of amides is 2. The molecule has 0 bridgehead atoms. The fourth-order valence-corrected chi connectivity index (χ4v) is 2.02. The first-order valence-electron chi connectivity index (χ1n) is 7.43. The third-order valence-electron chi connectivity index (χ3n) is 3.31. The van der Waals surface area contributed by atoms with Gasteiger partial charge in [-0.2, -0.15) is 0 Å². The van der Waals surface area contributed by atoms with Crippen LogP contribution < -0.4 is 14.8 Å². The Balaban J connectivity index is 1.97. The molecule has 1 N–H and O–H groups in total. The smallest absolute Gasteiger partial charge is 0.321 e. The molecule has 0 unspecified atom stereocenters. The molecule has 0 aliphatic heterocycles. The monoisotopic (exact) mass is 314 g/mol. The molecule has 0 aliphatic rings. The van der Waals surface area contributed by atoms with Gasteiger partial charge in [0.2, 0.25) is 0 Å². The summed E-state index contributed by atoms with van der Waals surface area (Å²) >= 11 is 0. The van der Waals surface area contributed by atoms with Gasteiger partial charge < -0.3 is 19.7 Å². The van der Waals surface area contributed by atoms with Gasteiger partial charge >= 0.3 is 6.03 Å². The largest absolute Gasteiger partial charge is 0.493 e. The number of anilines is 1. The minimum atomic E-state index is -0.190. The van der Waals surface area contributed by atoms with Crippen molar-refractivity contribution >= 4 is 11.7 Å². The van der Waals surface area contributed by atoms with Gasteiger partial charge in [0.1, 0.15) is 0 Å². The predicted octanol–water partition coefficient (Wildman–Crippen LogP) is 3.41. The zero-order chi connectivity index (χ0) is 16.7. The third kappa shape index (κ3) is 4.92. The van der Waals surface area contributed by atoms with Crippen LogP contribution in [0.25, 0.3) is 0 Å². The lowest BCUT2D eigenvalue weighted by Crippen LogP contribution is -2.27. The summed E-state index contributed by atoms with van der Waals surface area (Å²) in [6.45, 7) is 0.559. The summed E-state index contributed by atoms with van der Waals surface area (Å²) in [5, 5.41) is 2.78. The highest BCUT2D eigenvalue weighted by Crippen LogP contribution is 2.30. The van der Waals surface area contributed by atoms with Gasteiger partial charge in [-0.15, -0.1) is 0 Å². The number of methoxy groups -OCH3 is 1. The van der Waals surface area contributed by atoms with Crippen molar-refractivity contribution in [3.63, 3.8) is 0 Å². The zero-order valence-electron chi connectivity index (χ0n) is 13.7. The molecule has 23 heavy (non-hydrogen) atoms. The highest BCUT2D eigenvalue weighted by molar-refractivity contribution is 5.89. The Morgan fingerprint density at radius 1 is 1.09 bits per heavy atom. The van der Waals surface area contributed by atoms with Crippen molar-refractivity contribution in [3.8, 4) is 11.5 Å². The SMILES string of the molecule is COc1cc(NC(=O)N(C)C)ccc1OCCc1ccccc1. The Morgan fingerprint density at radius 2 is 1.83 bits per heavy atom. The number of carbonyl (C=O) groups is 1. The second-order valence-electron chi connectivity index (χ2n) is 5.27. The number of nitrogens with one attached hydrogen (secondary N) is 1. The summed E-state index contributed by atoms with van der Waals surface area (Å²) in [5.41, 5.74) is 1.89. The first-order valence-corrected chi connectivity index (χ1v) is 7.43. The topological polar surface area (TPSA) is 50.8 Å². The molecular formula is C18H22N2O3. The Hall–Kier alpha value is -2.69. The minimum Gasteiger partial charge on any atom is -0.493 e. The van der Waals surface area contributed by atoms with E-state index in [1.165, 1.54) is 10.5 Å². The van der Waals surface area contributed by atoms with Crippen LogP contribution in [0.1, 0.15) is 5.56 Å². The molecule has 0 spiro atoms. The van der Waals surface area contributed by atoms with E-state index in [-0.39, 0.29) is 6.03 Å². The maximum atomic E-state index is 11.7. The van der Waals surface area contributed by atoms with Crippen molar-refractivity contribution < 1.29 is 14.3 Å². The van der Waals surface area contributed by atoms with Crippen LogP contribution in [0.15, 0.2) is 48.5 Å². The van der Waals surface area contributed by atoms with E-state index in [0.29, 0.717) is 23.8 Å². The second-order valence-corrected chi connectivity index (χ2v) is 5.27. The average molecular weight is 314 g/mol.